The number of anilines is 2. The number of aryl methyl sites for hydroxylation is 1. The van der Waals surface area contributed by atoms with E-state index in [-0.39, 0.29) is 0 Å². The van der Waals surface area contributed by atoms with Gasteiger partial charge in [-0.25, -0.2) is 15.8 Å². The molecular formula is C9H17N5. The van der Waals surface area contributed by atoms with Crippen molar-refractivity contribution in [1.82, 2.24) is 9.97 Å². The minimum absolute atomic E-state index is 0.652. The molecule has 0 aliphatic carbocycles. The number of rotatable bonds is 4. The van der Waals surface area contributed by atoms with E-state index in [2.05, 4.69) is 34.1 Å². The van der Waals surface area contributed by atoms with Crippen molar-refractivity contribution in [3.63, 3.8) is 0 Å². The Balaban J connectivity index is 3.01. The fourth-order valence-electron chi connectivity index (χ4n) is 1.34. The van der Waals surface area contributed by atoms with Gasteiger partial charge in [-0.05, 0) is 20.8 Å². The summed E-state index contributed by atoms with van der Waals surface area (Å²) < 4.78 is 0. The first-order valence-electron chi connectivity index (χ1n) is 4.78. The predicted octanol–water partition coefficient (Wildman–Crippen LogP) is 0.917. The Labute approximate surface area is 84.3 Å². The van der Waals surface area contributed by atoms with Crippen molar-refractivity contribution in [3.05, 3.63) is 11.9 Å². The first kappa shape index (κ1) is 10.7. The van der Waals surface area contributed by atoms with Crippen LogP contribution >= 0.6 is 0 Å². The van der Waals surface area contributed by atoms with Gasteiger partial charge in [0.1, 0.15) is 17.5 Å². The largest absolute Gasteiger partial charge is 0.357 e. The van der Waals surface area contributed by atoms with E-state index in [1.165, 1.54) is 0 Å². The highest BCUT2D eigenvalue weighted by molar-refractivity contribution is 5.48. The van der Waals surface area contributed by atoms with Crippen molar-refractivity contribution in [2.75, 3.05) is 23.4 Å². The van der Waals surface area contributed by atoms with E-state index in [9.17, 15) is 0 Å². The molecule has 0 spiro atoms. The fourth-order valence-corrected chi connectivity index (χ4v) is 1.34. The lowest BCUT2D eigenvalue weighted by Crippen LogP contribution is -2.24. The van der Waals surface area contributed by atoms with E-state index in [0.29, 0.717) is 5.82 Å². The van der Waals surface area contributed by atoms with Gasteiger partial charge in [0.2, 0.25) is 0 Å². The second-order valence-corrected chi connectivity index (χ2v) is 2.98. The van der Waals surface area contributed by atoms with Crippen LogP contribution in [0.1, 0.15) is 19.7 Å². The van der Waals surface area contributed by atoms with Crippen LogP contribution in [-0.2, 0) is 0 Å². The maximum atomic E-state index is 5.31. The smallest absolute Gasteiger partial charge is 0.145 e. The lowest BCUT2D eigenvalue weighted by Gasteiger charge is -2.20. The van der Waals surface area contributed by atoms with Crippen LogP contribution in [0, 0.1) is 6.92 Å². The van der Waals surface area contributed by atoms with Crippen LogP contribution < -0.4 is 16.2 Å². The van der Waals surface area contributed by atoms with Gasteiger partial charge in [0, 0.05) is 19.2 Å². The lowest BCUT2D eigenvalue weighted by atomic mass is 10.4. The summed E-state index contributed by atoms with van der Waals surface area (Å²) in [6.45, 7) is 7.90. The molecule has 3 N–H and O–H groups in total. The van der Waals surface area contributed by atoms with Gasteiger partial charge in [0.25, 0.3) is 0 Å². The molecule has 0 saturated carbocycles. The monoisotopic (exact) mass is 195 g/mol. The Kier molecular flexibility index (Phi) is 3.64. The third-order valence-corrected chi connectivity index (χ3v) is 2.06. The molecule has 1 aromatic rings. The van der Waals surface area contributed by atoms with Gasteiger partial charge in [-0.3, -0.25) is 0 Å². The highest BCUT2D eigenvalue weighted by Crippen LogP contribution is 2.14. The summed E-state index contributed by atoms with van der Waals surface area (Å²) in [5, 5.41) is 0. The zero-order valence-electron chi connectivity index (χ0n) is 8.91. The van der Waals surface area contributed by atoms with Gasteiger partial charge < -0.3 is 10.3 Å². The van der Waals surface area contributed by atoms with Crippen molar-refractivity contribution >= 4 is 11.6 Å². The molecule has 0 aliphatic heterocycles. The first-order valence-corrected chi connectivity index (χ1v) is 4.78. The van der Waals surface area contributed by atoms with Gasteiger partial charge in [0.05, 0.1) is 0 Å². The number of hydrogen-bond acceptors (Lipinski definition) is 5. The van der Waals surface area contributed by atoms with E-state index in [4.69, 9.17) is 5.84 Å². The van der Waals surface area contributed by atoms with Crippen molar-refractivity contribution in [2.45, 2.75) is 20.8 Å². The summed E-state index contributed by atoms with van der Waals surface area (Å²) in [6.07, 6.45) is 0. The Morgan fingerprint density at radius 3 is 2.50 bits per heavy atom. The van der Waals surface area contributed by atoms with Crippen molar-refractivity contribution in [2.24, 2.45) is 5.84 Å². The molecule has 5 nitrogen and oxygen atoms in total. The Hall–Kier alpha value is -1.36. The average molecular weight is 195 g/mol. The van der Waals surface area contributed by atoms with Crippen LogP contribution in [0.3, 0.4) is 0 Å². The van der Waals surface area contributed by atoms with Crippen LogP contribution in [0.2, 0.25) is 0 Å². The van der Waals surface area contributed by atoms with Crippen molar-refractivity contribution in [1.29, 1.82) is 0 Å². The van der Waals surface area contributed by atoms with E-state index < -0.39 is 0 Å². The van der Waals surface area contributed by atoms with E-state index in [1.54, 1.807) is 0 Å². The maximum absolute atomic E-state index is 5.31. The molecule has 0 aliphatic rings. The Bertz CT molecular complexity index is 295. The number of nitrogen functional groups attached to an aromatic ring is 1. The fraction of sp³-hybridized carbons (Fsp3) is 0.556. The van der Waals surface area contributed by atoms with E-state index in [0.717, 1.165) is 24.7 Å². The second kappa shape index (κ2) is 4.76. The maximum Gasteiger partial charge on any atom is 0.145 e. The highest BCUT2D eigenvalue weighted by Gasteiger charge is 2.05. The van der Waals surface area contributed by atoms with Gasteiger partial charge in [-0.1, -0.05) is 0 Å². The molecule has 0 aromatic carbocycles. The molecule has 0 saturated heterocycles. The van der Waals surface area contributed by atoms with Crippen LogP contribution in [0.25, 0.3) is 0 Å². The summed E-state index contributed by atoms with van der Waals surface area (Å²) in [5.74, 6) is 7.60. The molecule has 0 unspecified atom stereocenters. The highest BCUT2D eigenvalue weighted by atomic mass is 15.3. The molecule has 5 heteroatoms. The molecule has 0 fully saturated rings. The summed E-state index contributed by atoms with van der Waals surface area (Å²) >= 11 is 0. The van der Waals surface area contributed by atoms with Crippen molar-refractivity contribution < 1.29 is 0 Å². The molecule has 1 aromatic heterocycles. The molecule has 0 radical (unpaired) electrons. The van der Waals surface area contributed by atoms with Gasteiger partial charge in [-0.15, -0.1) is 0 Å². The standard InChI is InChI=1S/C9H17N5/c1-4-14(5-2)9-6-8(13-10)11-7(3)12-9/h6H,4-5,10H2,1-3H3,(H,11,12,13). The number of hydrogen-bond donors (Lipinski definition) is 2. The summed E-state index contributed by atoms with van der Waals surface area (Å²) in [7, 11) is 0. The van der Waals surface area contributed by atoms with Crippen LogP contribution in [0.15, 0.2) is 6.07 Å². The van der Waals surface area contributed by atoms with Crippen LogP contribution in [0.5, 0.6) is 0 Å². The molecule has 0 bridgehead atoms. The van der Waals surface area contributed by atoms with Gasteiger partial charge >= 0.3 is 0 Å². The normalized spacial score (nSPS) is 10.0. The van der Waals surface area contributed by atoms with E-state index >= 15 is 0 Å². The quantitative estimate of drug-likeness (QED) is 0.552. The Morgan fingerprint density at radius 1 is 1.36 bits per heavy atom. The third kappa shape index (κ3) is 2.32. The summed E-state index contributed by atoms with van der Waals surface area (Å²) in [5.41, 5.74) is 2.53. The molecule has 14 heavy (non-hydrogen) atoms. The number of nitrogens with two attached hydrogens (primary N) is 1. The number of nitrogens with zero attached hydrogens (tertiary/aromatic N) is 3. The van der Waals surface area contributed by atoms with Gasteiger partial charge in [0.15, 0.2) is 0 Å². The molecule has 1 heterocycles. The lowest BCUT2D eigenvalue weighted by molar-refractivity contribution is 0.834. The van der Waals surface area contributed by atoms with E-state index in [1.807, 2.05) is 13.0 Å². The van der Waals surface area contributed by atoms with Crippen molar-refractivity contribution in [3.8, 4) is 0 Å². The topological polar surface area (TPSA) is 67.1 Å². The third-order valence-electron chi connectivity index (χ3n) is 2.06. The summed E-state index contributed by atoms with van der Waals surface area (Å²) in [6, 6.07) is 1.85. The molecule has 1 rings (SSSR count). The second-order valence-electron chi connectivity index (χ2n) is 2.98. The SMILES string of the molecule is CCN(CC)c1cc(NN)nc(C)n1. The molecular weight excluding hydrogens is 178 g/mol. The predicted molar refractivity (Wildman–Crippen MR) is 58.1 cm³/mol. The number of hydrazine groups is 1. The zero-order valence-corrected chi connectivity index (χ0v) is 8.91. The van der Waals surface area contributed by atoms with Gasteiger partial charge in [-0.2, -0.15) is 0 Å². The minimum Gasteiger partial charge on any atom is -0.357 e. The molecule has 78 valence electrons. The average Bonchev–Trinajstić information content (AvgIpc) is 2.19. The van der Waals surface area contributed by atoms with Crippen LogP contribution in [0.4, 0.5) is 11.6 Å². The number of nitrogens with one attached hydrogen (secondary N) is 1. The first-order chi connectivity index (χ1) is 6.71. The summed E-state index contributed by atoms with van der Waals surface area (Å²) in [4.78, 5) is 10.6. The van der Waals surface area contributed by atoms with Crippen LogP contribution in [-0.4, -0.2) is 23.1 Å². The zero-order chi connectivity index (χ0) is 10.6. The molecule has 0 atom stereocenters. The Morgan fingerprint density at radius 2 is 2.00 bits per heavy atom. The number of aromatic nitrogens is 2. The molecule has 0 amide bonds. The minimum atomic E-state index is 0.652.